The molecule has 7 heteroatoms. The van der Waals surface area contributed by atoms with Gasteiger partial charge in [-0.1, -0.05) is 24.3 Å². The molecule has 0 aromatic heterocycles. The van der Waals surface area contributed by atoms with Crippen molar-refractivity contribution in [3.8, 4) is 0 Å². The van der Waals surface area contributed by atoms with E-state index in [1.54, 1.807) is 42.5 Å². The normalized spacial score (nSPS) is 11.0. The van der Waals surface area contributed by atoms with E-state index in [4.69, 9.17) is 0 Å². The van der Waals surface area contributed by atoms with Crippen LogP contribution in [0.1, 0.15) is 11.1 Å². The van der Waals surface area contributed by atoms with Gasteiger partial charge in [0, 0.05) is 11.4 Å². The van der Waals surface area contributed by atoms with Crippen LogP contribution in [0.5, 0.6) is 0 Å². The zero-order valence-corrected chi connectivity index (χ0v) is 14.9. The number of sulfone groups is 1. The molecule has 0 heterocycles. The molecule has 2 aromatic rings. The monoisotopic (exact) mass is 360 g/mol. The predicted octanol–water partition coefficient (Wildman–Crippen LogP) is 2.30. The van der Waals surface area contributed by atoms with Crippen LogP contribution in [0.4, 0.5) is 11.4 Å². The van der Waals surface area contributed by atoms with E-state index in [1.165, 1.54) is 0 Å². The number of aryl methyl sites for hydroxylation is 2. The van der Waals surface area contributed by atoms with E-state index in [1.807, 2.05) is 19.9 Å². The number of rotatable bonds is 6. The van der Waals surface area contributed by atoms with Crippen LogP contribution in [0.2, 0.25) is 0 Å². The van der Waals surface area contributed by atoms with Crippen molar-refractivity contribution in [2.75, 3.05) is 22.1 Å². The summed E-state index contributed by atoms with van der Waals surface area (Å²) >= 11 is 0. The molecular weight excluding hydrogens is 340 g/mol. The molecule has 0 radical (unpaired) electrons. The zero-order chi connectivity index (χ0) is 18.4. The number of hydrogen-bond donors (Lipinski definition) is 2. The first-order valence-electron chi connectivity index (χ1n) is 7.67. The molecule has 0 saturated carbocycles. The van der Waals surface area contributed by atoms with Crippen molar-refractivity contribution in [2.45, 2.75) is 13.8 Å². The lowest BCUT2D eigenvalue weighted by Gasteiger charge is -2.09. The fourth-order valence-corrected chi connectivity index (χ4v) is 3.23. The first-order chi connectivity index (χ1) is 11.7. The van der Waals surface area contributed by atoms with Crippen molar-refractivity contribution in [3.05, 3.63) is 59.7 Å². The summed E-state index contributed by atoms with van der Waals surface area (Å²) in [4.78, 5) is 23.8. The van der Waals surface area contributed by atoms with Gasteiger partial charge in [-0.2, -0.15) is 0 Å². The summed E-state index contributed by atoms with van der Waals surface area (Å²) in [7, 11) is -3.86. The van der Waals surface area contributed by atoms with Gasteiger partial charge in [0.1, 0.15) is 11.5 Å². The second kappa shape index (κ2) is 7.94. The Labute approximate surface area is 147 Å². The van der Waals surface area contributed by atoms with Crippen LogP contribution in [-0.4, -0.2) is 31.7 Å². The molecule has 2 N–H and O–H groups in total. The number of benzene rings is 2. The van der Waals surface area contributed by atoms with Crippen LogP contribution in [-0.2, 0) is 19.4 Å². The molecule has 0 aliphatic rings. The van der Waals surface area contributed by atoms with Crippen molar-refractivity contribution in [1.29, 1.82) is 0 Å². The molecule has 0 aliphatic heterocycles. The highest BCUT2D eigenvalue weighted by atomic mass is 32.2. The molecule has 0 fully saturated rings. The molecule has 0 unspecified atom stereocenters. The first kappa shape index (κ1) is 18.7. The van der Waals surface area contributed by atoms with Gasteiger partial charge < -0.3 is 10.6 Å². The van der Waals surface area contributed by atoms with Crippen LogP contribution < -0.4 is 10.6 Å². The first-order valence-corrected chi connectivity index (χ1v) is 9.50. The zero-order valence-electron chi connectivity index (χ0n) is 14.1. The minimum Gasteiger partial charge on any atom is -0.325 e. The Hall–Kier alpha value is -2.67. The third kappa shape index (κ3) is 6.04. The van der Waals surface area contributed by atoms with Crippen molar-refractivity contribution in [2.24, 2.45) is 0 Å². The van der Waals surface area contributed by atoms with Crippen LogP contribution in [0.3, 0.4) is 0 Å². The van der Waals surface area contributed by atoms with Crippen molar-refractivity contribution < 1.29 is 18.0 Å². The molecule has 132 valence electrons. The number of carbonyl (C=O) groups is 2. The van der Waals surface area contributed by atoms with Crippen LogP contribution >= 0.6 is 0 Å². The summed E-state index contributed by atoms with van der Waals surface area (Å²) in [5.74, 6) is -2.84. The van der Waals surface area contributed by atoms with E-state index in [0.717, 1.165) is 11.1 Å². The van der Waals surface area contributed by atoms with Crippen LogP contribution in [0.15, 0.2) is 48.5 Å². The summed E-state index contributed by atoms with van der Waals surface area (Å²) in [6, 6.07) is 13.8. The van der Waals surface area contributed by atoms with Gasteiger partial charge in [-0.15, -0.1) is 0 Å². The predicted molar refractivity (Wildman–Crippen MR) is 98.3 cm³/mol. The van der Waals surface area contributed by atoms with E-state index in [0.29, 0.717) is 11.4 Å². The lowest BCUT2D eigenvalue weighted by molar-refractivity contribution is -0.114. The molecule has 0 bridgehead atoms. The third-order valence-corrected chi connectivity index (χ3v) is 4.95. The van der Waals surface area contributed by atoms with Gasteiger partial charge in [-0.25, -0.2) is 8.42 Å². The Balaban J connectivity index is 1.92. The Bertz CT molecular complexity index is 877. The van der Waals surface area contributed by atoms with Crippen LogP contribution in [0.25, 0.3) is 0 Å². The van der Waals surface area contributed by atoms with Gasteiger partial charge in [-0.3, -0.25) is 9.59 Å². The Kier molecular flexibility index (Phi) is 5.93. The molecule has 0 atom stereocenters. The molecule has 6 nitrogen and oxygen atoms in total. The van der Waals surface area contributed by atoms with Gasteiger partial charge in [0.15, 0.2) is 9.84 Å². The molecule has 2 rings (SSSR count). The van der Waals surface area contributed by atoms with Gasteiger partial charge in [0.2, 0.25) is 11.8 Å². The Morgan fingerprint density at radius 1 is 0.800 bits per heavy atom. The van der Waals surface area contributed by atoms with Crippen molar-refractivity contribution in [3.63, 3.8) is 0 Å². The van der Waals surface area contributed by atoms with Gasteiger partial charge >= 0.3 is 0 Å². The number of hydrogen-bond acceptors (Lipinski definition) is 4. The standard InChI is InChI=1S/C18H20N2O4S/c1-13-8-9-16(10-14(13)2)20-18(22)12-25(23,24)11-17(21)19-15-6-4-3-5-7-15/h3-10H,11-12H2,1-2H3,(H,19,21)(H,20,22). The number of nitrogens with one attached hydrogen (secondary N) is 2. The SMILES string of the molecule is Cc1ccc(NC(=O)CS(=O)(=O)CC(=O)Nc2ccccc2)cc1C. The highest BCUT2D eigenvalue weighted by Gasteiger charge is 2.21. The number of amides is 2. The van der Waals surface area contributed by atoms with E-state index >= 15 is 0 Å². The van der Waals surface area contributed by atoms with Gasteiger partial charge in [-0.05, 0) is 49.2 Å². The summed E-state index contributed by atoms with van der Waals surface area (Å²) in [5, 5.41) is 5.02. The highest BCUT2D eigenvalue weighted by Crippen LogP contribution is 2.14. The Morgan fingerprint density at radius 3 is 1.92 bits per heavy atom. The second-order valence-electron chi connectivity index (χ2n) is 5.79. The Morgan fingerprint density at radius 2 is 1.36 bits per heavy atom. The van der Waals surface area contributed by atoms with Gasteiger partial charge in [0.05, 0.1) is 0 Å². The minimum absolute atomic E-state index is 0.502. The quantitative estimate of drug-likeness (QED) is 0.827. The van der Waals surface area contributed by atoms with E-state index in [-0.39, 0.29) is 0 Å². The molecule has 0 saturated heterocycles. The maximum absolute atomic E-state index is 12.0. The summed E-state index contributed by atoms with van der Waals surface area (Å²) in [5.41, 5.74) is 3.09. The molecular formula is C18H20N2O4S. The van der Waals surface area contributed by atoms with E-state index in [9.17, 15) is 18.0 Å². The average Bonchev–Trinajstić information content (AvgIpc) is 2.50. The molecule has 25 heavy (non-hydrogen) atoms. The van der Waals surface area contributed by atoms with Crippen LogP contribution in [0, 0.1) is 13.8 Å². The largest absolute Gasteiger partial charge is 0.325 e. The summed E-state index contributed by atoms with van der Waals surface area (Å²) in [6.07, 6.45) is 0. The fourth-order valence-electron chi connectivity index (χ4n) is 2.19. The lowest BCUT2D eigenvalue weighted by atomic mass is 10.1. The minimum atomic E-state index is -3.86. The molecule has 2 aromatic carbocycles. The number of para-hydroxylation sites is 1. The lowest BCUT2D eigenvalue weighted by Crippen LogP contribution is -2.30. The second-order valence-corrected chi connectivity index (χ2v) is 7.86. The maximum atomic E-state index is 12.0. The smallest absolute Gasteiger partial charge is 0.239 e. The topological polar surface area (TPSA) is 92.3 Å². The van der Waals surface area contributed by atoms with Crippen molar-refractivity contribution >= 4 is 33.0 Å². The van der Waals surface area contributed by atoms with E-state index in [2.05, 4.69) is 10.6 Å². The molecule has 0 spiro atoms. The van der Waals surface area contributed by atoms with Crippen molar-refractivity contribution in [1.82, 2.24) is 0 Å². The third-order valence-electron chi connectivity index (χ3n) is 3.55. The molecule has 0 aliphatic carbocycles. The summed E-state index contributed by atoms with van der Waals surface area (Å²) < 4.78 is 24.1. The summed E-state index contributed by atoms with van der Waals surface area (Å²) in [6.45, 7) is 3.84. The average molecular weight is 360 g/mol. The number of anilines is 2. The van der Waals surface area contributed by atoms with Gasteiger partial charge in [0.25, 0.3) is 0 Å². The number of carbonyl (C=O) groups excluding carboxylic acids is 2. The maximum Gasteiger partial charge on any atom is 0.239 e. The van der Waals surface area contributed by atoms with E-state index < -0.39 is 33.2 Å². The molecule has 2 amide bonds. The fraction of sp³-hybridized carbons (Fsp3) is 0.222. The highest BCUT2D eigenvalue weighted by molar-refractivity contribution is 7.92.